The number of rotatable bonds is 5. The van der Waals surface area contributed by atoms with Crippen LogP contribution in [0.3, 0.4) is 0 Å². The largest absolute Gasteiger partial charge is 0.375 e. The first kappa shape index (κ1) is 15.5. The monoisotopic (exact) mass is 323 g/mol. The molecule has 0 spiro atoms. The van der Waals surface area contributed by atoms with Crippen molar-refractivity contribution in [3.63, 3.8) is 0 Å². The van der Waals surface area contributed by atoms with Gasteiger partial charge in [-0.15, -0.1) is 0 Å². The van der Waals surface area contributed by atoms with E-state index in [1.54, 1.807) is 10.6 Å². The molecule has 1 saturated heterocycles. The van der Waals surface area contributed by atoms with Crippen LogP contribution in [0.4, 0.5) is 0 Å². The normalized spacial score (nSPS) is 20.5. The summed E-state index contributed by atoms with van der Waals surface area (Å²) in [7, 11) is -3.27. The second-order valence-corrected chi connectivity index (χ2v) is 7.59. The number of benzene rings is 1. The van der Waals surface area contributed by atoms with E-state index in [4.69, 9.17) is 4.74 Å². The number of aromatic nitrogens is 2. The summed E-state index contributed by atoms with van der Waals surface area (Å²) >= 11 is 0. The molecule has 3 rings (SSSR count). The van der Waals surface area contributed by atoms with Gasteiger partial charge < -0.3 is 9.30 Å². The summed E-state index contributed by atoms with van der Waals surface area (Å²) in [5.41, 5.74) is 1.85. The minimum atomic E-state index is -3.27. The van der Waals surface area contributed by atoms with Crippen molar-refractivity contribution in [1.82, 2.24) is 13.9 Å². The summed E-state index contributed by atoms with van der Waals surface area (Å²) in [6.07, 6.45) is 2.55. The number of sulfonamides is 1. The van der Waals surface area contributed by atoms with Gasteiger partial charge in [0.2, 0.25) is 10.0 Å². The average molecular weight is 323 g/mol. The molecule has 1 atom stereocenters. The molecule has 7 heteroatoms. The smallest absolute Gasteiger partial charge is 0.216 e. The molecular formula is C15H21N3O3S. The topological polar surface area (TPSA) is 64.4 Å². The number of hydrogen-bond donors (Lipinski definition) is 0. The maximum Gasteiger partial charge on any atom is 0.216 e. The van der Waals surface area contributed by atoms with Crippen molar-refractivity contribution >= 4 is 21.1 Å². The van der Waals surface area contributed by atoms with Gasteiger partial charge in [0.25, 0.3) is 0 Å². The van der Waals surface area contributed by atoms with Crippen molar-refractivity contribution in [3.05, 3.63) is 30.6 Å². The molecule has 6 nitrogen and oxygen atoms in total. The number of morpholine rings is 1. The van der Waals surface area contributed by atoms with E-state index in [9.17, 15) is 8.42 Å². The van der Waals surface area contributed by atoms with E-state index in [1.165, 1.54) is 0 Å². The number of nitrogens with zero attached hydrogens (tertiary/aromatic N) is 3. The zero-order chi connectivity index (χ0) is 15.6. The van der Waals surface area contributed by atoms with Gasteiger partial charge in [-0.25, -0.2) is 13.4 Å². The molecule has 0 bridgehead atoms. The molecule has 1 aliphatic heterocycles. The molecule has 22 heavy (non-hydrogen) atoms. The van der Waals surface area contributed by atoms with Gasteiger partial charge in [-0.2, -0.15) is 4.31 Å². The van der Waals surface area contributed by atoms with Gasteiger partial charge in [0, 0.05) is 19.6 Å². The van der Waals surface area contributed by atoms with E-state index in [0.717, 1.165) is 17.5 Å². The number of fused-ring (bicyclic) bond motifs is 1. The maximum atomic E-state index is 12.5. The Bertz CT molecular complexity index is 741. The Hall–Kier alpha value is -1.44. The van der Waals surface area contributed by atoms with E-state index in [1.807, 2.05) is 35.8 Å². The van der Waals surface area contributed by atoms with Gasteiger partial charge in [-0.1, -0.05) is 19.1 Å². The van der Waals surface area contributed by atoms with Crippen LogP contribution in [-0.2, 0) is 21.3 Å². The van der Waals surface area contributed by atoms with Crippen LogP contribution in [0, 0.1) is 0 Å². The van der Waals surface area contributed by atoms with E-state index in [-0.39, 0.29) is 11.9 Å². The second-order valence-electron chi connectivity index (χ2n) is 5.50. The standard InChI is InChI=1S/C15H21N3O3S/c1-2-13-11-18(7-9-21-13)22(19,20)10-8-17-12-16-14-5-3-4-6-15(14)17/h3-6,12-13H,2,7-11H2,1H3. The zero-order valence-electron chi connectivity index (χ0n) is 12.7. The van der Waals surface area contributed by atoms with Gasteiger partial charge in [-0.3, -0.25) is 0 Å². The van der Waals surface area contributed by atoms with E-state index in [2.05, 4.69) is 4.98 Å². The molecule has 0 N–H and O–H groups in total. The van der Waals surface area contributed by atoms with E-state index >= 15 is 0 Å². The Balaban J connectivity index is 1.69. The summed E-state index contributed by atoms with van der Waals surface area (Å²) in [6.45, 7) is 3.81. The van der Waals surface area contributed by atoms with Crippen molar-refractivity contribution in [3.8, 4) is 0 Å². The van der Waals surface area contributed by atoms with Crippen molar-refractivity contribution in [2.24, 2.45) is 0 Å². The van der Waals surface area contributed by atoms with Gasteiger partial charge in [0.15, 0.2) is 0 Å². The summed E-state index contributed by atoms with van der Waals surface area (Å²) < 4.78 is 34.0. The van der Waals surface area contributed by atoms with Crippen LogP contribution in [0.1, 0.15) is 13.3 Å². The van der Waals surface area contributed by atoms with Gasteiger partial charge in [0.05, 0.1) is 35.8 Å². The molecule has 1 aliphatic rings. The Morgan fingerprint density at radius 2 is 2.18 bits per heavy atom. The highest BCUT2D eigenvalue weighted by atomic mass is 32.2. The molecule has 1 fully saturated rings. The van der Waals surface area contributed by atoms with Gasteiger partial charge in [-0.05, 0) is 18.6 Å². The van der Waals surface area contributed by atoms with Crippen molar-refractivity contribution in [2.45, 2.75) is 26.0 Å². The highest BCUT2D eigenvalue weighted by Crippen LogP contribution is 2.15. The number of aryl methyl sites for hydroxylation is 1. The van der Waals surface area contributed by atoms with E-state index in [0.29, 0.717) is 26.2 Å². The molecule has 120 valence electrons. The third-order valence-electron chi connectivity index (χ3n) is 4.07. The lowest BCUT2D eigenvalue weighted by atomic mass is 10.2. The Morgan fingerprint density at radius 1 is 1.36 bits per heavy atom. The number of para-hydroxylation sites is 2. The summed E-state index contributed by atoms with van der Waals surface area (Å²) in [5, 5.41) is 0. The van der Waals surface area contributed by atoms with Crippen LogP contribution >= 0.6 is 0 Å². The molecule has 0 amide bonds. The second kappa shape index (κ2) is 6.36. The predicted molar refractivity (Wildman–Crippen MR) is 85.1 cm³/mol. The Labute approximate surface area is 130 Å². The third-order valence-corrected chi connectivity index (χ3v) is 5.88. The first-order valence-corrected chi connectivity index (χ1v) is 9.20. The summed E-state index contributed by atoms with van der Waals surface area (Å²) in [6, 6.07) is 7.74. The van der Waals surface area contributed by atoms with Crippen LogP contribution in [0.25, 0.3) is 11.0 Å². The number of ether oxygens (including phenoxy) is 1. The minimum Gasteiger partial charge on any atom is -0.375 e. The van der Waals surface area contributed by atoms with Gasteiger partial charge in [0.1, 0.15) is 0 Å². The molecule has 2 heterocycles. The Kier molecular flexibility index (Phi) is 4.46. The predicted octanol–water partition coefficient (Wildman–Crippen LogP) is 1.48. The lowest BCUT2D eigenvalue weighted by Crippen LogP contribution is -2.46. The highest BCUT2D eigenvalue weighted by molar-refractivity contribution is 7.89. The van der Waals surface area contributed by atoms with E-state index < -0.39 is 10.0 Å². The molecular weight excluding hydrogens is 302 g/mol. The molecule has 0 saturated carbocycles. The molecule has 2 aromatic rings. The van der Waals surface area contributed by atoms with Crippen LogP contribution < -0.4 is 0 Å². The average Bonchev–Trinajstić information content (AvgIpc) is 2.96. The first-order valence-electron chi connectivity index (χ1n) is 7.59. The fraction of sp³-hybridized carbons (Fsp3) is 0.533. The quantitative estimate of drug-likeness (QED) is 0.836. The maximum absolute atomic E-state index is 12.5. The van der Waals surface area contributed by atoms with Crippen molar-refractivity contribution in [1.29, 1.82) is 0 Å². The molecule has 1 aromatic carbocycles. The number of hydrogen-bond acceptors (Lipinski definition) is 4. The minimum absolute atomic E-state index is 0.0117. The van der Waals surface area contributed by atoms with Crippen molar-refractivity contribution < 1.29 is 13.2 Å². The summed E-state index contributed by atoms with van der Waals surface area (Å²) in [5.74, 6) is 0.0871. The van der Waals surface area contributed by atoms with Crippen LogP contribution in [0.15, 0.2) is 30.6 Å². The lowest BCUT2D eigenvalue weighted by molar-refractivity contribution is -0.00278. The van der Waals surface area contributed by atoms with Crippen LogP contribution in [-0.4, -0.2) is 53.8 Å². The first-order chi connectivity index (χ1) is 10.6. The van der Waals surface area contributed by atoms with Gasteiger partial charge >= 0.3 is 0 Å². The Morgan fingerprint density at radius 3 is 3.00 bits per heavy atom. The zero-order valence-corrected chi connectivity index (χ0v) is 13.5. The molecule has 0 radical (unpaired) electrons. The number of imidazole rings is 1. The lowest BCUT2D eigenvalue weighted by Gasteiger charge is -2.31. The fourth-order valence-corrected chi connectivity index (χ4v) is 4.15. The molecule has 0 aliphatic carbocycles. The SMILES string of the molecule is CCC1CN(S(=O)(=O)CCn2cnc3ccccc32)CCO1. The third kappa shape index (κ3) is 3.16. The fourth-order valence-electron chi connectivity index (χ4n) is 2.72. The van der Waals surface area contributed by atoms with Crippen LogP contribution in [0.5, 0.6) is 0 Å². The highest BCUT2D eigenvalue weighted by Gasteiger charge is 2.28. The molecule has 1 unspecified atom stereocenters. The molecule has 1 aromatic heterocycles. The van der Waals surface area contributed by atoms with Crippen LogP contribution in [0.2, 0.25) is 0 Å². The summed E-state index contributed by atoms with van der Waals surface area (Å²) in [4.78, 5) is 4.29. The van der Waals surface area contributed by atoms with Crippen molar-refractivity contribution in [2.75, 3.05) is 25.4 Å².